The molecule has 68 valence electrons. The van der Waals surface area contributed by atoms with Crippen LogP contribution in [0.15, 0.2) is 23.0 Å². The van der Waals surface area contributed by atoms with Gasteiger partial charge in [0.15, 0.2) is 5.58 Å². The van der Waals surface area contributed by atoms with Crippen molar-refractivity contribution in [3.8, 4) is 0 Å². The van der Waals surface area contributed by atoms with Gasteiger partial charge in [-0.05, 0) is 0 Å². The maximum Gasteiger partial charge on any atom is 0.172 e. The van der Waals surface area contributed by atoms with Gasteiger partial charge in [-0.3, -0.25) is 0 Å². The summed E-state index contributed by atoms with van der Waals surface area (Å²) in [5.74, 6) is 0.759. The van der Waals surface area contributed by atoms with E-state index in [1.54, 1.807) is 18.5 Å². The Morgan fingerprint density at radius 3 is 3.23 bits per heavy atom. The highest BCUT2D eigenvalue weighted by Gasteiger charge is 1.99. The van der Waals surface area contributed by atoms with Crippen LogP contribution in [0.25, 0.3) is 11.0 Å². The molecule has 2 heterocycles. The van der Waals surface area contributed by atoms with Crippen molar-refractivity contribution in [2.75, 3.05) is 18.4 Å². The predicted molar refractivity (Wildman–Crippen MR) is 49.3 cm³/mol. The van der Waals surface area contributed by atoms with Crippen molar-refractivity contribution in [1.29, 1.82) is 0 Å². The van der Waals surface area contributed by atoms with Gasteiger partial charge in [0.05, 0.1) is 11.6 Å². The molecular formula is C8H10N4O. The molecule has 0 aromatic carbocycles. The quantitative estimate of drug-likeness (QED) is 0.719. The SMILES string of the molecule is NCCNc1cc2oncc2cn1. The summed E-state index contributed by atoms with van der Waals surface area (Å²) in [7, 11) is 0. The highest BCUT2D eigenvalue weighted by atomic mass is 16.5. The summed E-state index contributed by atoms with van der Waals surface area (Å²) in [6.07, 6.45) is 3.35. The summed E-state index contributed by atoms with van der Waals surface area (Å²) in [6, 6.07) is 1.80. The minimum absolute atomic E-state index is 0.579. The van der Waals surface area contributed by atoms with Gasteiger partial charge in [-0.15, -0.1) is 0 Å². The first-order valence-corrected chi connectivity index (χ1v) is 4.04. The Balaban J connectivity index is 2.26. The van der Waals surface area contributed by atoms with Crippen LogP contribution in [0.5, 0.6) is 0 Å². The molecule has 2 aromatic rings. The molecule has 3 N–H and O–H groups in total. The first-order chi connectivity index (χ1) is 6.40. The summed E-state index contributed by atoms with van der Waals surface area (Å²) in [4.78, 5) is 4.15. The lowest BCUT2D eigenvalue weighted by atomic mass is 10.3. The third-order valence-corrected chi connectivity index (χ3v) is 1.69. The van der Waals surface area contributed by atoms with Crippen LogP contribution in [-0.2, 0) is 0 Å². The predicted octanol–water partition coefficient (Wildman–Crippen LogP) is 0.593. The Bertz CT molecular complexity index is 398. The Kier molecular flexibility index (Phi) is 2.09. The van der Waals surface area contributed by atoms with Crippen LogP contribution < -0.4 is 11.1 Å². The number of fused-ring (bicyclic) bond motifs is 1. The molecule has 0 radical (unpaired) electrons. The normalized spacial score (nSPS) is 10.5. The largest absolute Gasteiger partial charge is 0.369 e. The zero-order valence-corrected chi connectivity index (χ0v) is 7.03. The van der Waals surface area contributed by atoms with Gasteiger partial charge in [0.1, 0.15) is 5.82 Å². The molecule has 0 aliphatic heterocycles. The fourth-order valence-corrected chi connectivity index (χ4v) is 1.06. The maximum atomic E-state index is 5.34. The number of hydrogen-bond acceptors (Lipinski definition) is 5. The van der Waals surface area contributed by atoms with Gasteiger partial charge in [0, 0.05) is 25.4 Å². The molecule has 0 amide bonds. The van der Waals surface area contributed by atoms with E-state index in [9.17, 15) is 0 Å². The number of hydrogen-bond donors (Lipinski definition) is 2. The van der Waals surface area contributed by atoms with Crippen molar-refractivity contribution >= 4 is 16.8 Å². The topological polar surface area (TPSA) is 77.0 Å². The van der Waals surface area contributed by atoms with Crippen LogP contribution >= 0.6 is 0 Å². The first-order valence-electron chi connectivity index (χ1n) is 4.04. The van der Waals surface area contributed by atoms with Gasteiger partial charge in [0.25, 0.3) is 0 Å². The molecule has 0 aliphatic carbocycles. The van der Waals surface area contributed by atoms with Crippen LogP contribution in [0.4, 0.5) is 5.82 Å². The Hall–Kier alpha value is -1.62. The third-order valence-electron chi connectivity index (χ3n) is 1.69. The van der Waals surface area contributed by atoms with Crippen LogP contribution in [0.3, 0.4) is 0 Å². The second-order valence-electron chi connectivity index (χ2n) is 2.65. The Labute approximate surface area is 74.9 Å². The Morgan fingerprint density at radius 2 is 2.38 bits per heavy atom. The lowest BCUT2D eigenvalue weighted by Crippen LogP contribution is -2.13. The molecule has 0 bridgehead atoms. The zero-order chi connectivity index (χ0) is 9.10. The smallest absolute Gasteiger partial charge is 0.172 e. The van der Waals surface area contributed by atoms with E-state index in [-0.39, 0.29) is 0 Å². The van der Waals surface area contributed by atoms with Gasteiger partial charge in [-0.25, -0.2) is 4.98 Å². The van der Waals surface area contributed by atoms with E-state index in [1.807, 2.05) is 0 Å². The fraction of sp³-hybridized carbons (Fsp3) is 0.250. The van der Waals surface area contributed by atoms with E-state index < -0.39 is 0 Å². The lowest BCUT2D eigenvalue weighted by molar-refractivity contribution is 0.456. The van der Waals surface area contributed by atoms with Gasteiger partial charge in [-0.2, -0.15) is 0 Å². The number of aromatic nitrogens is 2. The van der Waals surface area contributed by atoms with Crippen LogP contribution in [0.2, 0.25) is 0 Å². The van der Waals surface area contributed by atoms with Crippen LogP contribution in [-0.4, -0.2) is 23.2 Å². The molecule has 0 saturated heterocycles. The molecule has 2 aromatic heterocycles. The van der Waals surface area contributed by atoms with Crippen molar-refractivity contribution < 1.29 is 4.52 Å². The van der Waals surface area contributed by atoms with E-state index in [1.165, 1.54) is 0 Å². The second kappa shape index (κ2) is 3.40. The summed E-state index contributed by atoms with van der Waals surface area (Å²) in [5.41, 5.74) is 6.07. The van der Waals surface area contributed by atoms with Crippen molar-refractivity contribution in [2.45, 2.75) is 0 Å². The van der Waals surface area contributed by atoms with E-state index in [4.69, 9.17) is 10.3 Å². The number of nitrogens with zero attached hydrogens (tertiary/aromatic N) is 2. The minimum atomic E-state index is 0.579. The van der Waals surface area contributed by atoms with E-state index in [2.05, 4.69) is 15.5 Å². The molecule has 2 rings (SSSR count). The molecule has 5 heteroatoms. The second-order valence-corrected chi connectivity index (χ2v) is 2.65. The van der Waals surface area contributed by atoms with E-state index >= 15 is 0 Å². The molecule has 13 heavy (non-hydrogen) atoms. The standard InChI is InChI=1S/C8H10N4O/c9-1-2-10-8-3-7-6(4-11-8)5-12-13-7/h3-5H,1-2,9H2,(H,10,11). The average Bonchev–Trinajstić information content (AvgIpc) is 2.61. The molecule has 0 unspecified atom stereocenters. The average molecular weight is 178 g/mol. The summed E-state index contributed by atoms with van der Waals surface area (Å²) < 4.78 is 4.98. The summed E-state index contributed by atoms with van der Waals surface area (Å²) in [6.45, 7) is 1.28. The number of nitrogens with two attached hydrogens (primary N) is 1. The minimum Gasteiger partial charge on any atom is -0.369 e. The molecule has 0 atom stereocenters. The third kappa shape index (κ3) is 1.59. The van der Waals surface area contributed by atoms with Gasteiger partial charge < -0.3 is 15.6 Å². The summed E-state index contributed by atoms with van der Waals surface area (Å²) >= 11 is 0. The van der Waals surface area contributed by atoms with Crippen molar-refractivity contribution in [3.05, 3.63) is 18.5 Å². The van der Waals surface area contributed by atoms with Gasteiger partial charge in [0.2, 0.25) is 0 Å². The number of nitrogens with one attached hydrogen (secondary N) is 1. The molecule has 0 spiro atoms. The van der Waals surface area contributed by atoms with Crippen molar-refractivity contribution in [2.24, 2.45) is 5.73 Å². The number of pyridine rings is 1. The monoisotopic (exact) mass is 178 g/mol. The first kappa shape index (κ1) is 8.00. The van der Waals surface area contributed by atoms with Crippen LogP contribution in [0.1, 0.15) is 0 Å². The van der Waals surface area contributed by atoms with Gasteiger partial charge in [-0.1, -0.05) is 5.16 Å². The molecule has 5 nitrogen and oxygen atoms in total. The van der Waals surface area contributed by atoms with Crippen LogP contribution in [0, 0.1) is 0 Å². The molecule has 0 fully saturated rings. The van der Waals surface area contributed by atoms with E-state index in [0.717, 1.165) is 16.8 Å². The molecular weight excluding hydrogens is 168 g/mol. The number of anilines is 1. The van der Waals surface area contributed by atoms with E-state index in [0.29, 0.717) is 13.1 Å². The number of rotatable bonds is 3. The molecule has 0 saturated carbocycles. The van der Waals surface area contributed by atoms with Gasteiger partial charge >= 0.3 is 0 Å². The zero-order valence-electron chi connectivity index (χ0n) is 7.03. The lowest BCUT2D eigenvalue weighted by Gasteiger charge is -2.01. The Morgan fingerprint density at radius 1 is 1.46 bits per heavy atom. The van der Waals surface area contributed by atoms with Crippen molar-refractivity contribution in [3.63, 3.8) is 0 Å². The highest BCUT2D eigenvalue weighted by molar-refractivity contribution is 5.77. The van der Waals surface area contributed by atoms with Crippen molar-refractivity contribution in [1.82, 2.24) is 10.1 Å². The summed E-state index contributed by atoms with van der Waals surface area (Å²) in [5, 5.41) is 7.61. The fourth-order valence-electron chi connectivity index (χ4n) is 1.06. The maximum absolute atomic E-state index is 5.34. The molecule has 0 aliphatic rings. The highest BCUT2D eigenvalue weighted by Crippen LogP contribution is 2.14.